The Morgan fingerprint density at radius 2 is 2.15 bits per heavy atom. The summed E-state index contributed by atoms with van der Waals surface area (Å²) in [6.45, 7) is 4.82. The van der Waals surface area contributed by atoms with Crippen molar-refractivity contribution in [1.82, 2.24) is 26.7 Å². The third kappa shape index (κ3) is 3.54. The van der Waals surface area contributed by atoms with E-state index in [1.165, 1.54) is 11.1 Å². The summed E-state index contributed by atoms with van der Waals surface area (Å²) in [5, 5.41) is 13.5. The summed E-state index contributed by atoms with van der Waals surface area (Å²) in [6, 6.07) is 8.60. The van der Waals surface area contributed by atoms with Crippen LogP contribution < -0.4 is 26.7 Å². The van der Waals surface area contributed by atoms with Crippen molar-refractivity contribution in [1.29, 1.82) is 0 Å². The predicted molar refractivity (Wildman–Crippen MR) is 77.3 cm³/mol. The maximum atomic E-state index is 5.29. The van der Waals surface area contributed by atoms with Gasteiger partial charge in [0.2, 0.25) is 0 Å². The van der Waals surface area contributed by atoms with Crippen LogP contribution in [0.3, 0.4) is 0 Å². The molecule has 0 aliphatic carbocycles. The summed E-state index contributed by atoms with van der Waals surface area (Å²) in [5.74, 6) is 0. The molecule has 3 unspecified atom stereocenters. The molecule has 6 heteroatoms. The lowest BCUT2D eigenvalue weighted by atomic mass is 10.1. The number of benzene rings is 1. The summed E-state index contributed by atoms with van der Waals surface area (Å²) in [6.07, 6.45) is 1.65. The number of hydrogen-bond donors (Lipinski definition) is 5. The van der Waals surface area contributed by atoms with E-state index in [1.807, 2.05) is 6.92 Å². The highest BCUT2D eigenvalue weighted by Gasteiger charge is 2.21. The molecule has 2 saturated heterocycles. The Morgan fingerprint density at radius 1 is 1.30 bits per heavy atom. The Morgan fingerprint density at radius 3 is 2.80 bits per heavy atom. The molecule has 110 valence electrons. The zero-order valence-corrected chi connectivity index (χ0v) is 11.8. The highest BCUT2D eigenvalue weighted by molar-refractivity contribution is 5.25. The Hall–Kier alpha value is -1.02. The molecular formula is C14H23N5O. The molecule has 5 N–H and O–H groups in total. The summed E-state index contributed by atoms with van der Waals surface area (Å²) < 4.78 is 0. The zero-order chi connectivity index (χ0) is 13.8. The van der Waals surface area contributed by atoms with E-state index in [9.17, 15) is 0 Å². The van der Waals surface area contributed by atoms with E-state index in [1.54, 1.807) is 0 Å². The molecule has 0 spiro atoms. The summed E-state index contributed by atoms with van der Waals surface area (Å²) in [5.41, 5.74) is 5.47. The first-order chi connectivity index (χ1) is 9.81. The van der Waals surface area contributed by atoms with Crippen LogP contribution in [0.15, 0.2) is 24.3 Å². The predicted octanol–water partition coefficient (Wildman–Crippen LogP) is 0.112. The van der Waals surface area contributed by atoms with E-state index in [-0.39, 0.29) is 12.4 Å². The molecule has 3 atom stereocenters. The maximum absolute atomic E-state index is 5.29. The molecule has 2 aliphatic rings. The first kappa shape index (κ1) is 13.9. The van der Waals surface area contributed by atoms with Gasteiger partial charge in [-0.25, -0.2) is 0 Å². The topological polar surface area (TPSA) is 69.4 Å². The number of hydrogen-bond acceptors (Lipinski definition) is 6. The van der Waals surface area contributed by atoms with Gasteiger partial charge >= 0.3 is 0 Å². The SMILES string of the molecule is CC1NC(c2ccc(CNC3CCNCN3)cc2)NO1. The minimum absolute atomic E-state index is 0.0485. The van der Waals surface area contributed by atoms with Crippen LogP contribution in [-0.4, -0.2) is 25.6 Å². The minimum Gasteiger partial charge on any atom is -0.304 e. The van der Waals surface area contributed by atoms with Gasteiger partial charge in [-0.05, 0) is 31.0 Å². The lowest BCUT2D eigenvalue weighted by Gasteiger charge is -2.25. The molecule has 2 aliphatic heterocycles. The van der Waals surface area contributed by atoms with Gasteiger partial charge in [0.1, 0.15) is 12.4 Å². The fraction of sp³-hybridized carbons (Fsp3) is 0.571. The van der Waals surface area contributed by atoms with Crippen molar-refractivity contribution in [3.05, 3.63) is 35.4 Å². The molecule has 20 heavy (non-hydrogen) atoms. The van der Waals surface area contributed by atoms with Crippen molar-refractivity contribution in [3.63, 3.8) is 0 Å². The fourth-order valence-electron chi connectivity index (χ4n) is 2.51. The Bertz CT molecular complexity index is 418. The smallest absolute Gasteiger partial charge is 0.128 e. The van der Waals surface area contributed by atoms with Crippen molar-refractivity contribution < 1.29 is 4.84 Å². The van der Waals surface area contributed by atoms with Crippen molar-refractivity contribution in [2.45, 2.75) is 38.4 Å². The number of hydroxylamine groups is 1. The van der Waals surface area contributed by atoms with Gasteiger partial charge < -0.3 is 5.32 Å². The first-order valence-corrected chi connectivity index (χ1v) is 7.25. The third-order valence-electron chi connectivity index (χ3n) is 3.71. The van der Waals surface area contributed by atoms with Gasteiger partial charge in [0.05, 0.1) is 6.17 Å². The fourth-order valence-corrected chi connectivity index (χ4v) is 2.51. The van der Waals surface area contributed by atoms with E-state index in [0.717, 1.165) is 26.2 Å². The molecule has 3 rings (SSSR count). The molecule has 2 fully saturated rings. The van der Waals surface area contributed by atoms with Crippen molar-refractivity contribution in [3.8, 4) is 0 Å². The van der Waals surface area contributed by atoms with Crippen LogP contribution in [0.1, 0.15) is 30.6 Å². The molecular weight excluding hydrogens is 254 g/mol. The van der Waals surface area contributed by atoms with Crippen molar-refractivity contribution in [2.75, 3.05) is 13.2 Å². The average molecular weight is 277 g/mol. The lowest BCUT2D eigenvalue weighted by Crippen LogP contribution is -2.51. The first-order valence-electron chi connectivity index (χ1n) is 7.25. The van der Waals surface area contributed by atoms with E-state index in [0.29, 0.717) is 6.17 Å². The molecule has 6 nitrogen and oxygen atoms in total. The highest BCUT2D eigenvalue weighted by Crippen LogP contribution is 2.16. The molecule has 0 bridgehead atoms. The van der Waals surface area contributed by atoms with Gasteiger partial charge in [-0.1, -0.05) is 24.3 Å². The normalized spacial score (nSPS) is 30.6. The second kappa shape index (κ2) is 6.62. The standard InChI is InChI=1S/C14H23N5O/c1-10-18-14(19-20-10)12-4-2-11(3-5-12)8-16-13-6-7-15-9-17-13/h2-5,10,13-19H,6-9H2,1H3. The molecule has 0 saturated carbocycles. The average Bonchev–Trinajstić information content (AvgIpc) is 2.93. The largest absolute Gasteiger partial charge is 0.304 e. The number of nitrogens with one attached hydrogen (secondary N) is 5. The molecule has 1 aromatic rings. The van der Waals surface area contributed by atoms with Gasteiger partial charge in [0, 0.05) is 13.2 Å². The lowest BCUT2D eigenvalue weighted by molar-refractivity contribution is 0.0329. The molecule has 0 radical (unpaired) electrons. The minimum atomic E-state index is 0.0485. The van der Waals surface area contributed by atoms with Crippen molar-refractivity contribution in [2.24, 2.45) is 0 Å². The monoisotopic (exact) mass is 277 g/mol. The number of rotatable bonds is 4. The van der Waals surface area contributed by atoms with Crippen LogP contribution in [0.5, 0.6) is 0 Å². The Balaban J connectivity index is 1.50. The highest BCUT2D eigenvalue weighted by atomic mass is 16.7. The molecule has 1 aromatic carbocycles. The van der Waals surface area contributed by atoms with Gasteiger partial charge in [-0.15, -0.1) is 0 Å². The van der Waals surface area contributed by atoms with Crippen LogP contribution in [0.2, 0.25) is 0 Å². The third-order valence-corrected chi connectivity index (χ3v) is 3.71. The van der Waals surface area contributed by atoms with E-state index in [2.05, 4.69) is 51.0 Å². The summed E-state index contributed by atoms with van der Waals surface area (Å²) >= 11 is 0. The summed E-state index contributed by atoms with van der Waals surface area (Å²) in [7, 11) is 0. The Kier molecular flexibility index (Phi) is 4.62. The second-order valence-corrected chi connectivity index (χ2v) is 5.32. The van der Waals surface area contributed by atoms with Crippen LogP contribution in [0.25, 0.3) is 0 Å². The molecule has 0 aromatic heterocycles. The summed E-state index contributed by atoms with van der Waals surface area (Å²) in [4.78, 5) is 5.29. The quantitative estimate of drug-likeness (QED) is 0.538. The van der Waals surface area contributed by atoms with Crippen LogP contribution in [0.4, 0.5) is 0 Å². The van der Waals surface area contributed by atoms with Crippen LogP contribution >= 0.6 is 0 Å². The van der Waals surface area contributed by atoms with Gasteiger partial charge in [0.25, 0.3) is 0 Å². The van der Waals surface area contributed by atoms with E-state index >= 15 is 0 Å². The zero-order valence-electron chi connectivity index (χ0n) is 11.8. The van der Waals surface area contributed by atoms with Gasteiger partial charge in [0.15, 0.2) is 0 Å². The molecule has 0 amide bonds. The maximum Gasteiger partial charge on any atom is 0.128 e. The van der Waals surface area contributed by atoms with E-state index in [4.69, 9.17) is 4.84 Å². The second-order valence-electron chi connectivity index (χ2n) is 5.32. The van der Waals surface area contributed by atoms with Gasteiger partial charge in [-0.2, -0.15) is 5.48 Å². The van der Waals surface area contributed by atoms with E-state index < -0.39 is 0 Å². The van der Waals surface area contributed by atoms with Crippen LogP contribution in [0, 0.1) is 0 Å². The Labute approximate surface area is 119 Å². The van der Waals surface area contributed by atoms with Crippen molar-refractivity contribution >= 4 is 0 Å². The van der Waals surface area contributed by atoms with Gasteiger partial charge in [-0.3, -0.25) is 20.8 Å². The molecule has 2 heterocycles. The van der Waals surface area contributed by atoms with Crippen LogP contribution in [-0.2, 0) is 11.4 Å².